The highest BCUT2D eigenvalue weighted by Crippen LogP contribution is 2.30. The van der Waals surface area contributed by atoms with Gasteiger partial charge in [0.1, 0.15) is 5.82 Å². The molecule has 0 aliphatic heterocycles. The van der Waals surface area contributed by atoms with Gasteiger partial charge in [-0.3, -0.25) is 32.8 Å². The molecule has 4 rings (SSSR count). The highest BCUT2D eigenvalue weighted by molar-refractivity contribution is 5.78. The van der Waals surface area contributed by atoms with Crippen molar-refractivity contribution >= 4 is 23.1 Å². The van der Waals surface area contributed by atoms with Gasteiger partial charge in [0, 0.05) is 19.3 Å². The number of ether oxygens (including phenoxy) is 1. The predicted octanol–water partition coefficient (Wildman–Crippen LogP) is 3.09. The van der Waals surface area contributed by atoms with E-state index in [0.717, 1.165) is 16.7 Å². The number of carbonyl (C=O) groups is 2. The van der Waals surface area contributed by atoms with Crippen molar-refractivity contribution in [2.75, 3.05) is 0 Å². The fourth-order valence-corrected chi connectivity index (χ4v) is 4.36. The zero-order valence-electron chi connectivity index (χ0n) is 22.2. The Bertz CT molecular complexity index is 1720. The molecule has 0 aliphatic carbocycles. The van der Waals surface area contributed by atoms with Crippen LogP contribution in [-0.2, 0) is 46.9 Å². The van der Waals surface area contributed by atoms with Gasteiger partial charge in [0.2, 0.25) is 0 Å². The molecule has 0 aliphatic rings. The Morgan fingerprint density at radius 3 is 2.49 bits per heavy atom. The maximum absolute atomic E-state index is 13.4. The topological polar surface area (TPSA) is 143 Å². The lowest BCUT2D eigenvalue weighted by atomic mass is 10.1. The van der Waals surface area contributed by atoms with E-state index in [-0.39, 0.29) is 36.6 Å². The summed E-state index contributed by atoms with van der Waals surface area (Å²) in [7, 11) is 0. The Hall–Kier alpha value is -4.69. The molecule has 0 atom stereocenters. The van der Waals surface area contributed by atoms with Crippen molar-refractivity contribution < 1.29 is 32.6 Å². The number of halogens is 3. The maximum atomic E-state index is 13.4. The first kappa shape index (κ1) is 29.3. The lowest BCUT2D eigenvalue weighted by Crippen LogP contribution is -2.40. The Balaban J connectivity index is 1.79. The number of benzene rings is 1. The number of aryl methyl sites for hydroxylation is 1. The van der Waals surface area contributed by atoms with E-state index < -0.39 is 54.5 Å². The number of rotatable bonds is 11. The van der Waals surface area contributed by atoms with E-state index in [1.165, 1.54) is 38.3 Å². The molecule has 0 bridgehead atoms. The van der Waals surface area contributed by atoms with Gasteiger partial charge in [-0.05, 0) is 31.0 Å². The fourth-order valence-electron chi connectivity index (χ4n) is 4.36. The van der Waals surface area contributed by atoms with Gasteiger partial charge in [-0.15, -0.1) is 0 Å². The van der Waals surface area contributed by atoms with Crippen molar-refractivity contribution in [1.29, 1.82) is 0 Å². The highest BCUT2D eigenvalue weighted by atomic mass is 19.4. The molecule has 0 radical (unpaired) electrons. The summed E-state index contributed by atoms with van der Waals surface area (Å²) in [6.07, 6.45) is -1.96. The third kappa shape index (κ3) is 6.23. The molecule has 0 spiro atoms. The van der Waals surface area contributed by atoms with Crippen LogP contribution in [-0.4, -0.2) is 45.5 Å². The zero-order chi connectivity index (χ0) is 29.9. The molecule has 1 aromatic carbocycles. The molecule has 1 N–H and O–H groups in total. The second-order valence-electron chi connectivity index (χ2n) is 9.18. The number of alkyl halides is 3. The van der Waals surface area contributed by atoms with Gasteiger partial charge in [-0.1, -0.05) is 19.1 Å². The van der Waals surface area contributed by atoms with Crippen LogP contribution in [0.1, 0.15) is 44.2 Å². The number of hydrogen-bond donors (Lipinski definition) is 1. The number of aromatic nitrogens is 6. The lowest BCUT2D eigenvalue weighted by Gasteiger charge is -2.11. The Kier molecular flexibility index (Phi) is 8.44. The molecule has 12 nitrogen and oxygen atoms in total. The molecule has 0 amide bonds. The predicted molar refractivity (Wildman–Crippen MR) is 139 cm³/mol. The number of carboxylic acids is 1. The first-order valence-electron chi connectivity index (χ1n) is 12.7. The van der Waals surface area contributed by atoms with Crippen LogP contribution in [0.4, 0.5) is 13.2 Å². The maximum Gasteiger partial charge on any atom is 0.416 e. The molecule has 0 saturated carbocycles. The molecule has 0 saturated heterocycles. The Morgan fingerprint density at radius 1 is 1.07 bits per heavy atom. The van der Waals surface area contributed by atoms with Crippen LogP contribution in [0, 0.1) is 0 Å². The Labute approximate surface area is 230 Å². The van der Waals surface area contributed by atoms with Crippen LogP contribution in [0.3, 0.4) is 0 Å². The van der Waals surface area contributed by atoms with Gasteiger partial charge in [0.25, 0.3) is 5.56 Å². The van der Waals surface area contributed by atoms with Crippen molar-refractivity contribution in [1.82, 2.24) is 28.5 Å². The van der Waals surface area contributed by atoms with Gasteiger partial charge < -0.3 is 9.84 Å². The molecule has 41 heavy (non-hydrogen) atoms. The summed E-state index contributed by atoms with van der Waals surface area (Å²) < 4.78 is 49.8. The van der Waals surface area contributed by atoms with Crippen LogP contribution >= 0.6 is 0 Å². The molecule has 0 fully saturated rings. The van der Waals surface area contributed by atoms with Crippen molar-refractivity contribution in [2.24, 2.45) is 0 Å². The third-order valence-corrected chi connectivity index (χ3v) is 6.27. The largest absolute Gasteiger partial charge is 0.481 e. The van der Waals surface area contributed by atoms with Crippen LogP contribution in [0.15, 0.2) is 46.2 Å². The number of esters is 1. The quantitative estimate of drug-likeness (QED) is 0.269. The molecular weight excluding hydrogens is 549 g/mol. The first-order chi connectivity index (χ1) is 19.4. The van der Waals surface area contributed by atoms with Crippen LogP contribution in [0.2, 0.25) is 0 Å². The minimum atomic E-state index is -4.50. The summed E-state index contributed by atoms with van der Waals surface area (Å²) in [6, 6.07) is 4.81. The summed E-state index contributed by atoms with van der Waals surface area (Å²) in [5.41, 5.74) is -1.27. The second-order valence-corrected chi connectivity index (χ2v) is 9.18. The van der Waals surface area contributed by atoms with E-state index >= 15 is 0 Å². The summed E-state index contributed by atoms with van der Waals surface area (Å²) in [4.78, 5) is 54.1. The van der Waals surface area contributed by atoms with Gasteiger partial charge in [-0.25, -0.2) is 9.78 Å². The smallest absolute Gasteiger partial charge is 0.416 e. The molecule has 3 heterocycles. The van der Waals surface area contributed by atoms with Crippen LogP contribution in [0.25, 0.3) is 22.6 Å². The second kappa shape index (κ2) is 11.8. The number of hydrogen-bond acceptors (Lipinski definition) is 7. The van der Waals surface area contributed by atoms with E-state index in [9.17, 15) is 32.3 Å². The number of nitrogens with zero attached hydrogens (tertiary/aromatic N) is 6. The monoisotopic (exact) mass is 576 g/mol. The fraction of sp³-hybridized carbons (Fsp3) is 0.385. The number of carbonyl (C=O) groups excluding carboxylic acids is 1. The summed E-state index contributed by atoms with van der Waals surface area (Å²) >= 11 is 0. The number of fused-ring (bicyclic) bond motifs is 1. The highest BCUT2D eigenvalue weighted by Gasteiger charge is 2.30. The average molecular weight is 577 g/mol. The van der Waals surface area contributed by atoms with Gasteiger partial charge >= 0.3 is 23.8 Å². The number of imidazole rings is 1. The van der Waals surface area contributed by atoms with E-state index in [4.69, 9.17) is 9.84 Å². The molecule has 4 aromatic rings. The van der Waals surface area contributed by atoms with Crippen molar-refractivity contribution in [3.8, 4) is 11.4 Å². The van der Waals surface area contributed by atoms with E-state index in [1.54, 1.807) is 13.8 Å². The number of aliphatic carboxylic acids is 1. The molecule has 0 unspecified atom stereocenters. The van der Waals surface area contributed by atoms with Gasteiger partial charge in [0.05, 0.1) is 36.7 Å². The third-order valence-electron chi connectivity index (χ3n) is 6.27. The van der Waals surface area contributed by atoms with Crippen LogP contribution in [0.5, 0.6) is 0 Å². The normalized spacial score (nSPS) is 11.7. The van der Waals surface area contributed by atoms with Gasteiger partial charge in [0.15, 0.2) is 17.9 Å². The Morgan fingerprint density at radius 2 is 1.83 bits per heavy atom. The molecule has 218 valence electrons. The van der Waals surface area contributed by atoms with E-state index in [2.05, 4.69) is 10.1 Å². The van der Waals surface area contributed by atoms with Crippen molar-refractivity contribution in [2.45, 2.75) is 65.7 Å². The average Bonchev–Trinajstić information content (AvgIpc) is 3.53. The first-order valence-corrected chi connectivity index (χ1v) is 12.7. The van der Waals surface area contributed by atoms with E-state index in [1.807, 2.05) is 0 Å². The number of carboxylic acid groups (broad SMARTS) is 1. The molecule has 15 heteroatoms. The summed E-state index contributed by atoms with van der Waals surface area (Å²) in [5, 5.41) is 13.1. The minimum Gasteiger partial charge on any atom is -0.481 e. The minimum absolute atomic E-state index is 0.00268. The summed E-state index contributed by atoms with van der Waals surface area (Å²) in [5.74, 6) is -1.88. The lowest BCUT2D eigenvalue weighted by molar-refractivity contribution is -0.150. The molecular formula is C26H27F3N6O6. The van der Waals surface area contributed by atoms with Gasteiger partial charge in [-0.2, -0.15) is 18.3 Å². The standard InChI is InChI=1S/C26H27F3N6O6/c1-3-10-34-24(39)21-23(33(4-2)25(34)40)31-22(35(21)15-41-20(38)9-8-19(36)37)17-12-30-32(14-17)13-16-6-5-7-18(11-16)26(27,28)29/h5-7,11-12,14H,3-4,8-10,13,15H2,1-2H3,(H,36,37). The SMILES string of the molecule is CCCn1c(=O)c2c(nc(-c3cnn(Cc4cccc(C(F)(F)F)c4)c3)n2COC(=O)CCC(=O)O)n(CC)c1=O. The van der Waals surface area contributed by atoms with E-state index in [0.29, 0.717) is 17.5 Å². The zero-order valence-corrected chi connectivity index (χ0v) is 22.2. The van der Waals surface area contributed by atoms with Crippen LogP contribution < -0.4 is 11.2 Å². The van der Waals surface area contributed by atoms with Crippen molar-refractivity contribution in [3.63, 3.8) is 0 Å². The van der Waals surface area contributed by atoms with Crippen molar-refractivity contribution in [3.05, 3.63) is 68.6 Å². The molecule has 3 aromatic heterocycles. The summed E-state index contributed by atoms with van der Waals surface area (Å²) in [6.45, 7) is 3.32.